The number of methoxy groups -OCH3 is 1. The van der Waals surface area contributed by atoms with Crippen LogP contribution in [0.3, 0.4) is 0 Å². The maximum atomic E-state index is 11.1. The van der Waals surface area contributed by atoms with Gasteiger partial charge in [-0.25, -0.2) is 4.79 Å². The van der Waals surface area contributed by atoms with Gasteiger partial charge in [-0.15, -0.1) is 11.8 Å². The van der Waals surface area contributed by atoms with Crippen molar-refractivity contribution < 1.29 is 9.53 Å². The van der Waals surface area contributed by atoms with Crippen molar-refractivity contribution in [2.45, 2.75) is 31.6 Å². The quantitative estimate of drug-likeness (QED) is 0.652. The number of thioether (sulfide) groups is 1. The molecule has 1 atom stereocenters. The lowest BCUT2D eigenvalue weighted by molar-refractivity contribution is -0.132. The molecule has 1 heterocycles. The van der Waals surface area contributed by atoms with E-state index in [1.807, 2.05) is 0 Å². The Morgan fingerprint density at radius 3 is 3.15 bits per heavy atom. The van der Waals surface area contributed by atoms with Gasteiger partial charge in [0, 0.05) is 5.75 Å². The molecular weight excluding hydrogens is 186 g/mol. The number of rotatable bonds is 4. The molecule has 1 rings (SSSR count). The highest BCUT2D eigenvalue weighted by Crippen LogP contribution is 2.25. The minimum absolute atomic E-state index is 0.272. The van der Waals surface area contributed by atoms with Crippen LogP contribution in [0.15, 0.2) is 4.99 Å². The molecule has 1 unspecified atom stereocenters. The molecule has 0 fully saturated rings. The van der Waals surface area contributed by atoms with Crippen LogP contribution in [0.1, 0.15) is 26.2 Å². The number of carbonyl (C=O) groups excluding carboxylic acids is 1. The van der Waals surface area contributed by atoms with Crippen LogP contribution in [0.4, 0.5) is 0 Å². The van der Waals surface area contributed by atoms with Gasteiger partial charge in [-0.3, -0.25) is 4.99 Å². The Labute approximate surface area is 82.9 Å². The Hall–Kier alpha value is -0.510. The average molecular weight is 201 g/mol. The molecule has 3 nitrogen and oxygen atoms in total. The molecule has 0 amide bonds. The predicted octanol–water partition coefficient (Wildman–Crippen LogP) is 1.86. The second-order valence-electron chi connectivity index (χ2n) is 2.98. The van der Waals surface area contributed by atoms with E-state index in [2.05, 4.69) is 16.7 Å². The van der Waals surface area contributed by atoms with Crippen LogP contribution in [0, 0.1) is 0 Å². The molecular formula is C9H15NO2S. The van der Waals surface area contributed by atoms with Crippen LogP contribution in [-0.2, 0) is 9.53 Å². The highest BCUT2D eigenvalue weighted by atomic mass is 32.2. The van der Waals surface area contributed by atoms with Crippen LogP contribution in [0.25, 0.3) is 0 Å². The first-order valence-corrected chi connectivity index (χ1v) is 5.59. The van der Waals surface area contributed by atoms with E-state index >= 15 is 0 Å². The summed E-state index contributed by atoms with van der Waals surface area (Å²) in [6, 6.07) is 0. The Morgan fingerprint density at radius 1 is 1.77 bits per heavy atom. The number of aliphatic imine (C=N–C) groups is 1. The minimum Gasteiger partial charge on any atom is -0.465 e. The third-order valence-corrected chi connectivity index (χ3v) is 3.10. The zero-order valence-corrected chi connectivity index (χ0v) is 8.89. The highest BCUT2D eigenvalue weighted by Gasteiger charge is 2.22. The Bertz CT molecular complexity index is 216. The number of unbranched alkanes of at least 4 members (excludes halogenated alkanes) is 1. The summed E-state index contributed by atoms with van der Waals surface area (Å²) in [5, 5.41) is 0.286. The van der Waals surface area contributed by atoms with Crippen molar-refractivity contribution in [1.29, 1.82) is 0 Å². The maximum absolute atomic E-state index is 11.1. The molecule has 0 saturated carbocycles. The highest BCUT2D eigenvalue weighted by molar-refractivity contribution is 8.01. The standard InChI is InChI=1S/C9H15NO2S/c1-3-4-5-8-10-7(6-13-8)9(11)12-2/h8H,3-6H2,1-2H3. The number of nitrogens with zero attached hydrogens (tertiary/aromatic N) is 1. The minimum atomic E-state index is -0.272. The van der Waals surface area contributed by atoms with Crippen molar-refractivity contribution in [2.75, 3.05) is 12.9 Å². The molecule has 0 saturated heterocycles. The molecule has 1 aliphatic heterocycles. The second-order valence-corrected chi connectivity index (χ2v) is 4.14. The Morgan fingerprint density at radius 2 is 2.54 bits per heavy atom. The predicted molar refractivity (Wildman–Crippen MR) is 55.2 cm³/mol. The van der Waals surface area contributed by atoms with Gasteiger partial charge >= 0.3 is 5.97 Å². The molecule has 74 valence electrons. The van der Waals surface area contributed by atoms with Crippen molar-refractivity contribution in [3.63, 3.8) is 0 Å². The van der Waals surface area contributed by atoms with Crippen molar-refractivity contribution >= 4 is 23.4 Å². The molecule has 0 spiro atoms. The lowest BCUT2D eigenvalue weighted by Crippen LogP contribution is -2.15. The molecule has 0 radical (unpaired) electrons. The maximum Gasteiger partial charge on any atom is 0.352 e. The summed E-state index contributed by atoms with van der Waals surface area (Å²) in [7, 11) is 1.40. The van der Waals surface area contributed by atoms with Gasteiger partial charge in [-0.1, -0.05) is 19.8 Å². The van der Waals surface area contributed by atoms with E-state index in [0.29, 0.717) is 11.5 Å². The molecule has 4 heteroatoms. The van der Waals surface area contributed by atoms with E-state index < -0.39 is 0 Å². The average Bonchev–Trinajstić information content (AvgIpc) is 2.62. The summed E-state index contributed by atoms with van der Waals surface area (Å²) in [6.45, 7) is 2.16. The monoisotopic (exact) mass is 201 g/mol. The van der Waals surface area contributed by atoms with Crippen LogP contribution >= 0.6 is 11.8 Å². The molecule has 13 heavy (non-hydrogen) atoms. The molecule has 0 bridgehead atoms. The fourth-order valence-electron chi connectivity index (χ4n) is 1.18. The van der Waals surface area contributed by atoms with Crippen molar-refractivity contribution in [2.24, 2.45) is 4.99 Å². The second kappa shape index (κ2) is 5.27. The fourth-order valence-corrected chi connectivity index (χ4v) is 2.26. The first-order valence-electron chi connectivity index (χ1n) is 4.54. The zero-order chi connectivity index (χ0) is 9.68. The number of esters is 1. The number of ether oxygens (including phenoxy) is 1. The van der Waals surface area contributed by atoms with Gasteiger partial charge in [0.25, 0.3) is 0 Å². The first kappa shape index (κ1) is 10.6. The van der Waals surface area contributed by atoms with Crippen LogP contribution < -0.4 is 0 Å². The third kappa shape index (κ3) is 3.03. The summed E-state index contributed by atoms with van der Waals surface area (Å²) < 4.78 is 4.60. The van der Waals surface area contributed by atoms with E-state index in [-0.39, 0.29) is 11.3 Å². The number of hydrogen-bond acceptors (Lipinski definition) is 4. The summed E-state index contributed by atoms with van der Waals surface area (Å²) in [4.78, 5) is 15.4. The van der Waals surface area contributed by atoms with Crippen molar-refractivity contribution in [3.05, 3.63) is 0 Å². The van der Waals surface area contributed by atoms with Gasteiger partial charge in [0.1, 0.15) is 5.71 Å². The summed E-state index contributed by atoms with van der Waals surface area (Å²) in [6.07, 6.45) is 3.43. The van der Waals surface area contributed by atoms with E-state index in [1.165, 1.54) is 20.0 Å². The number of hydrogen-bond donors (Lipinski definition) is 0. The Kier molecular flexibility index (Phi) is 4.28. The van der Waals surface area contributed by atoms with E-state index in [9.17, 15) is 4.79 Å². The molecule has 0 aromatic heterocycles. The third-order valence-electron chi connectivity index (χ3n) is 1.94. The fraction of sp³-hybridized carbons (Fsp3) is 0.778. The van der Waals surface area contributed by atoms with Gasteiger partial charge in [0.15, 0.2) is 0 Å². The molecule has 1 aliphatic rings. The van der Waals surface area contributed by atoms with Crippen molar-refractivity contribution in [1.82, 2.24) is 0 Å². The van der Waals surface area contributed by atoms with E-state index in [1.54, 1.807) is 11.8 Å². The molecule has 0 aliphatic carbocycles. The van der Waals surface area contributed by atoms with E-state index in [0.717, 1.165) is 6.42 Å². The van der Waals surface area contributed by atoms with E-state index in [4.69, 9.17) is 0 Å². The molecule has 0 N–H and O–H groups in total. The summed E-state index contributed by atoms with van der Waals surface area (Å²) in [5.74, 6) is 0.438. The normalized spacial score (nSPS) is 21.4. The summed E-state index contributed by atoms with van der Waals surface area (Å²) in [5.41, 5.74) is 0.591. The van der Waals surface area contributed by atoms with Gasteiger partial charge in [0.05, 0.1) is 12.5 Å². The lowest BCUT2D eigenvalue weighted by Gasteiger charge is -2.02. The van der Waals surface area contributed by atoms with Crippen LogP contribution in [-0.4, -0.2) is 29.9 Å². The summed E-state index contributed by atoms with van der Waals surface area (Å²) >= 11 is 1.73. The van der Waals surface area contributed by atoms with Gasteiger partial charge in [-0.2, -0.15) is 0 Å². The van der Waals surface area contributed by atoms with Gasteiger partial charge < -0.3 is 4.74 Å². The first-order chi connectivity index (χ1) is 6.27. The molecule has 0 aromatic carbocycles. The van der Waals surface area contributed by atoms with Gasteiger partial charge in [0.2, 0.25) is 0 Å². The zero-order valence-electron chi connectivity index (χ0n) is 8.08. The van der Waals surface area contributed by atoms with Crippen LogP contribution in [0.5, 0.6) is 0 Å². The van der Waals surface area contributed by atoms with Crippen LogP contribution in [0.2, 0.25) is 0 Å². The molecule has 0 aromatic rings. The Balaban J connectivity index is 2.39. The smallest absolute Gasteiger partial charge is 0.352 e. The van der Waals surface area contributed by atoms with Gasteiger partial charge in [-0.05, 0) is 6.42 Å². The lowest BCUT2D eigenvalue weighted by atomic mass is 10.2. The topological polar surface area (TPSA) is 38.7 Å². The number of carbonyl (C=O) groups is 1. The largest absolute Gasteiger partial charge is 0.465 e. The van der Waals surface area contributed by atoms with Crippen molar-refractivity contribution in [3.8, 4) is 0 Å². The SMILES string of the molecule is CCCCC1N=C(C(=O)OC)CS1.